The first-order valence-corrected chi connectivity index (χ1v) is 19.1. The number of carbonyl (C=O) groups is 3. The van der Waals surface area contributed by atoms with Crippen molar-refractivity contribution in [3.63, 3.8) is 0 Å². The number of fused-ring (bicyclic) bond motifs is 1. The molecule has 1 aliphatic rings. The number of aromatic nitrogens is 2. The van der Waals surface area contributed by atoms with Gasteiger partial charge in [0.15, 0.2) is 0 Å². The highest BCUT2D eigenvalue weighted by molar-refractivity contribution is 5.95. The summed E-state index contributed by atoms with van der Waals surface area (Å²) in [6.45, 7) is 14.5. The average molecular weight is 758 g/mol. The highest BCUT2D eigenvalue weighted by atomic mass is 19.1. The van der Waals surface area contributed by atoms with Gasteiger partial charge < -0.3 is 28.9 Å². The van der Waals surface area contributed by atoms with E-state index in [-0.39, 0.29) is 25.1 Å². The lowest BCUT2D eigenvalue weighted by atomic mass is 9.84. The van der Waals surface area contributed by atoms with Gasteiger partial charge >= 0.3 is 12.1 Å². The van der Waals surface area contributed by atoms with E-state index in [1.54, 1.807) is 40.1 Å². The summed E-state index contributed by atoms with van der Waals surface area (Å²) >= 11 is 0. The number of amides is 1. The van der Waals surface area contributed by atoms with Crippen molar-refractivity contribution in [2.45, 2.75) is 111 Å². The van der Waals surface area contributed by atoms with E-state index in [9.17, 15) is 18.8 Å². The maximum Gasteiger partial charge on any atom is 0.408 e. The predicted octanol–water partition coefficient (Wildman–Crippen LogP) is 7.57. The summed E-state index contributed by atoms with van der Waals surface area (Å²) in [6.07, 6.45) is 3.81. The van der Waals surface area contributed by atoms with Crippen LogP contribution in [0.2, 0.25) is 0 Å². The molecular formula is C43H56FN5O6. The number of hydrazine groups is 1. The molecule has 296 valence electrons. The number of nitrogens with one attached hydrogen (secondary N) is 3. The first kappa shape index (κ1) is 41.5. The molecule has 0 saturated carbocycles. The van der Waals surface area contributed by atoms with E-state index in [0.717, 1.165) is 57.5 Å². The second kappa shape index (κ2) is 17.9. The van der Waals surface area contributed by atoms with Crippen molar-refractivity contribution in [3.8, 4) is 22.4 Å². The molecule has 1 fully saturated rings. The van der Waals surface area contributed by atoms with Gasteiger partial charge in [0.1, 0.15) is 24.6 Å². The molecular weight excluding hydrogens is 702 g/mol. The molecule has 0 aliphatic carbocycles. The molecule has 1 aliphatic heterocycles. The van der Waals surface area contributed by atoms with Crippen molar-refractivity contribution in [2.75, 3.05) is 20.3 Å². The van der Waals surface area contributed by atoms with Crippen LogP contribution in [-0.4, -0.2) is 65.8 Å². The number of benzene rings is 2. The van der Waals surface area contributed by atoms with Gasteiger partial charge in [-0.05, 0) is 118 Å². The predicted molar refractivity (Wildman–Crippen MR) is 212 cm³/mol. The van der Waals surface area contributed by atoms with Gasteiger partial charge in [0.25, 0.3) is 0 Å². The number of alkyl halides is 1. The molecule has 1 saturated heterocycles. The van der Waals surface area contributed by atoms with Crippen molar-refractivity contribution < 1.29 is 33.0 Å². The molecule has 0 bridgehead atoms. The Morgan fingerprint density at radius 3 is 2.51 bits per heavy atom. The molecule has 0 spiro atoms. The maximum atomic E-state index is 14.4. The van der Waals surface area contributed by atoms with Gasteiger partial charge in [0.05, 0.1) is 30.1 Å². The van der Waals surface area contributed by atoms with Crippen LogP contribution < -0.4 is 16.2 Å². The zero-order valence-corrected chi connectivity index (χ0v) is 33.4. The average Bonchev–Trinajstić information content (AvgIpc) is 3.47. The Morgan fingerprint density at radius 2 is 1.85 bits per heavy atom. The number of rotatable bonds is 15. The first-order chi connectivity index (χ1) is 26.2. The van der Waals surface area contributed by atoms with Crippen LogP contribution in [0.4, 0.5) is 9.18 Å². The van der Waals surface area contributed by atoms with Gasteiger partial charge in [0, 0.05) is 48.3 Å². The van der Waals surface area contributed by atoms with Crippen LogP contribution >= 0.6 is 0 Å². The molecule has 2 aromatic heterocycles. The van der Waals surface area contributed by atoms with E-state index in [0.29, 0.717) is 36.8 Å². The van der Waals surface area contributed by atoms with Crippen molar-refractivity contribution in [1.82, 2.24) is 25.7 Å². The number of methoxy groups -OCH3 is 1. The second-order valence-electron chi connectivity index (χ2n) is 16.1. The number of aryl methyl sites for hydroxylation is 1. The molecule has 1 unspecified atom stereocenters. The van der Waals surface area contributed by atoms with Crippen molar-refractivity contribution >= 4 is 29.3 Å². The lowest BCUT2D eigenvalue weighted by molar-refractivity contribution is -0.150. The Labute approximate surface area is 323 Å². The van der Waals surface area contributed by atoms with Crippen molar-refractivity contribution in [2.24, 2.45) is 5.41 Å². The van der Waals surface area contributed by atoms with Crippen LogP contribution in [0.15, 0.2) is 54.7 Å². The standard InChI is InChI=1S/C43H56FN5O6/c1-9-49-37-15-14-30(31-19-28(18-29(20-31)24-44)21-32(25-50)47-41(52)55-42(3,4)5)22-34(37)35(39(49)33-12-10-16-45-38(33)27(2)53-8)23-43(6,7)26-54-40(51)36-13-11-17-46-48-36/h10,12,14-16,18-20,22,25,27,32,36,46,48H,9,11,13,17,21,23-24,26H2,1-8H3,(H,47,52)/t27-,32-,36?/m0/s1. The normalized spacial score (nSPS) is 16.1. The summed E-state index contributed by atoms with van der Waals surface area (Å²) in [5.41, 5.74) is 12.6. The molecule has 5 rings (SSSR count). The van der Waals surface area contributed by atoms with Crippen LogP contribution in [-0.2, 0) is 49.9 Å². The number of pyridine rings is 1. The molecule has 3 heterocycles. The lowest BCUT2D eigenvalue weighted by Crippen LogP contribution is -2.50. The van der Waals surface area contributed by atoms with Crippen LogP contribution in [0.25, 0.3) is 33.3 Å². The largest absolute Gasteiger partial charge is 0.464 e. The molecule has 4 aromatic rings. The number of halogens is 1. The maximum absolute atomic E-state index is 14.4. The minimum absolute atomic E-state index is 0.161. The minimum Gasteiger partial charge on any atom is -0.464 e. The molecule has 3 atom stereocenters. The van der Waals surface area contributed by atoms with Gasteiger partial charge in [-0.2, -0.15) is 0 Å². The van der Waals surface area contributed by atoms with E-state index in [2.05, 4.69) is 59.7 Å². The Balaban J connectivity index is 1.59. The van der Waals surface area contributed by atoms with Crippen molar-refractivity contribution in [1.29, 1.82) is 0 Å². The van der Waals surface area contributed by atoms with Gasteiger partial charge in [0.2, 0.25) is 0 Å². The smallest absolute Gasteiger partial charge is 0.408 e. The number of aldehydes is 1. The summed E-state index contributed by atoms with van der Waals surface area (Å²) in [5.74, 6) is -0.274. The van der Waals surface area contributed by atoms with E-state index in [1.807, 2.05) is 31.2 Å². The zero-order chi connectivity index (χ0) is 39.9. The number of hydrogen-bond acceptors (Lipinski definition) is 9. The van der Waals surface area contributed by atoms with Gasteiger partial charge in [-0.25, -0.2) is 14.6 Å². The fourth-order valence-electron chi connectivity index (χ4n) is 7.18. The number of nitrogens with zero attached hydrogens (tertiary/aromatic N) is 2. The molecule has 55 heavy (non-hydrogen) atoms. The third-order valence-electron chi connectivity index (χ3n) is 9.79. The third-order valence-corrected chi connectivity index (χ3v) is 9.79. The quantitative estimate of drug-likeness (QED) is 0.0830. The van der Waals surface area contributed by atoms with Gasteiger partial charge in [-0.3, -0.25) is 15.2 Å². The fraction of sp³-hybridized carbons (Fsp3) is 0.488. The zero-order valence-electron chi connectivity index (χ0n) is 33.4. The molecule has 12 heteroatoms. The highest BCUT2D eigenvalue weighted by Crippen LogP contribution is 2.42. The molecule has 0 radical (unpaired) electrons. The van der Waals surface area contributed by atoms with Crippen LogP contribution in [0.3, 0.4) is 0 Å². The van der Waals surface area contributed by atoms with E-state index in [4.69, 9.17) is 19.2 Å². The Hall–Kier alpha value is -4.65. The summed E-state index contributed by atoms with van der Waals surface area (Å²) in [7, 11) is 1.67. The molecule has 3 N–H and O–H groups in total. The van der Waals surface area contributed by atoms with Crippen LogP contribution in [0, 0.1) is 5.41 Å². The summed E-state index contributed by atoms with van der Waals surface area (Å²) < 4.78 is 33.7. The first-order valence-electron chi connectivity index (χ1n) is 19.1. The second-order valence-corrected chi connectivity index (χ2v) is 16.1. The number of esters is 1. The topological polar surface area (TPSA) is 133 Å². The van der Waals surface area contributed by atoms with E-state index < -0.39 is 35.9 Å². The van der Waals surface area contributed by atoms with Gasteiger partial charge in [-0.1, -0.05) is 32.0 Å². The lowest BCUT2D eigenvalue weighted by Gasteiger charge is -2.28. The van der Waals surface area contributed by atoms with Crippen LogP contribution in [0.1, 0.15) is 89.8 Å². The highest BCUT2D eigenvalue weighted by Gasteiger charge is 2.31. The number of carbonyl (C=O) groups excluding carboxylic acids is 3. The van der Waals surface area contributed by atoms with Gasteiger partial charge in [-0.15, -0.1) is 0 Å². The Bertz CT molecular complexity index is 1980. The minimum atomic E-state index is -0.863. The fourth-order valence-corrected chi connectivity index (χ4v) is 7.18. The monoisotopic (exact) mass is 757 g/mol. The van der Waals surface area contributed by atoms with Crippen LogP contribution in [0.5, 0.6) is 0 Å². The third kappa shape index (κ3) is 10.4. The SMILES string of the molecule is CCn1c(-c2cccnc2[C@H](C)OC)c(CC(C)(C)COC(=O)C2CCCNN2)c2cc(-c3cc(CF)cc(C[C@@H](C=O)NC(=O)OC(C)(C)C)c3)ccc21. The number of ether oxygens (including phenoxy) is 3. The van der Waals surface area contributed by atoms with Crippen molar-refractivity contribution in [3.05, 3.63) is 77.1 Å². The number of hydrogen-bond donors (Lipinski definition) is 3. The number of alkyl carbamates (subject to hydrolysis) is 1. The summed E-state index contributed by atoms with van der Waals surface area (Å²) in [5, 5.41) is 3.64. The molecule has 1 amide bonds. The summed E-state index contributed by atoms with van der Waals surface area (Å²) in [6, 6.07) is 14.5. The van der Waals surface area contributed by atoms with E-state index >= 15 is 0 Å². The Kier molecular flexibility index (Phi) is 13.5. The molecule has 11 nitrogen and oxygen atoms in total. The van der Waals surface area contributed by atoms with E-state index in [1.165, 1.54) is 0 Å². The molecule has 2 aromatic carbocycles. The summed E-state index contributed by atoms with van der Waals surface area (Å²) in [4.78, 5) is 42.3. The Morgan fingerprint density at radius 1 is 1.09 bits per heavy atom.